The van der Waals surface area contributed by atoms with Crippen molar-refractivity contribution in [3.63, 3.8) is 0 Å². The van der Waals surface area contributed by atoms with Gasteiger partial charge < -0.3 is 5.73 Å². The van der Waals surface area contributed by atoms with Gasteiger partial charge in [0, 0.05) is 22.0 Å². The fraction of sp³-hybridized carbons (Fsp3) is 0.0909. The zero-order valence-electron chi connectivity index (χ0n) is 7.84. The number of hydrogen-bond acceptors (Lipinski definition) is 2. The van der Waals surface area contributed by atoms with Crippen LogP contribution in [0.1, 0.15) is 5.56 Å². The second-order valence-electron chi connectivity index (χ2n) is 3.14. The highest BCUT2D eigenvalue weighted by Gasteiger charge is 2.09. The predicted molar refractivity (Wildman–Crippen MR) is 65.3 cm³/mol. The van der Waals surface area contributed by atoms with Gasteiger partial charge in [-0.15, -0.1) is 0 Å². The number of hydrogen-bond donors (Lipinski definition) is 1. The van der Waals surface area contributed by atoms with E-state index >= 15 is 0 Å². The number of benzene rings is 1. The van der Waals surface area contributed by atoms with Crippen LogP contribution >= 0.6 is 27.3 Å². The summed E-state index contributed by atoms with van der Waals surface area (Å²) in [6, 6.07) is 4.71. The molecule has 1 aromatic carbocycles. The van der Waals surface area contributed by atoms with E-state index in [4.69, 9.17) is 5.73 Å². The van der Waals surface area contributed by atoms with Gasteiger partial charge in [0.2, 0.25) is 0 Å². The SMILES string of the molecule is NCc1cc(F)ccc1-c1cscc1Br. The van der Waals surface area contributed by atoms with E-state index in [-0.39, 0.29) is 5.82 Å². The molecule has 2 aromatic rings. The summed E-state index contributed by atoms with van der Waals surface area (Å²) in [5.74, 6) is -0.245. The first-order valence-electron chi connectivity index (χ1n) is 4.43. The van der Waals surface area contributed by atoms with Gasteiger partial charge in [0.25, 0.3) is 0 Å². The van der Waals surface area contributed by atoms with E-state index in [2.05, 4.69) is 15.9 Å². The molecule has 0 saturated carbocycles. The van der Waals surface area contributed by atoms with Crippen LogP contribution in [0.15, 0.2) is 33.4 Å². The molecule has 0 unspecified atom stereocenters. The highest BCUT2D eigenvalue weighted by atomic mass is 79.9. The molecule has 0 fully saturated rings. The first-order chi connectivity index (χ1) is 7.22. The Morgan fingerprint density at radius 1 is 1.27 bits per heavy atom. The summed E-state index contributed by atoms with van der Waals surface area (Å²) in [7, 11) is 0. The molecule has 2 rings (SSSR count). The van der Waals surface area contributed by atoms with Crippen LogP contribution < -0.4 is 5.73 Å². The van der Waals surface area contributed by atoms with Crippen LogP contribution in [0, 0.1) is 5.82 Å². The second-order valence-corrected chi connectivity index (χ2v) is 4.74. The zero-order valence-corrected chi connectivity index (χ0v) is 10.2. The largest absolute Gasteiger partial charge is 0.326 e. The van der Waals surface area contributed by atoms with Gasteiger partial charge in [0.05, 0.1) is 0 Å². The third kappa shape index (κ3) is 2.12. The molecule has 0 radical (unpaired) electrons. The predicted octanol–water partition coefficient (Wildman–Crippen LogP) is 3.78. The Kier molecular flexibility index (Phi) is 3.19. The summed E-state index contributed by atoms with van der Waals surface area (Å²) in [5, 5.41) is 4.02. The van der Waals surface area contributed by atoms with Gasteiger partial charge in [-0.1, -0.05) is 6.07 Å². The summed E-state index contributed by atoms with van der Waals surface area (Å²) >= 11 is 5.06. The smallest absolute Gasteiger partial charge is 0.123 e. The lowest BCUT2D eigenvalue weighted by Crippen LogP contribution is -1.99. The maximum atomic E-state index is 13.0. The van der Waals surface area contributed by atoms with E-state index in [0.29, 0.717) is 6.54 Å². The average molecular weight is 286 g/mol. The highest BCUT2D eigenvalue weighted by molar-refractivity contribution is 9.10. The summed E-state index contributed by atoms with van der Waals surface area (Å²) in [6.07, 6.45) is 0. The third-order valence-electron chi connectivity index (χ3n) is 2.19. The Hall–Kier alpha value is -0.710. The van der Waals surface area contributed by atoms with Gasteiger partial charge in [0.1, 0.15) is 5.82 Å². The van der Waals surface area contributed by atoms with Crippen LogP contribution in [0.4, 0.5) is 4.39 Å². The molecule has 0 saturated heterocycles. The van der Waals surface area contributed by atoms with Crippen molar-refractivity contribution >= 4 is 27.3 Å². The van der Waals surface area contributed by atoms with Crippen LogP contribution in [0.3, 0.4) is 0 Å². The molecule has 15 heavy (non-hydrogen) atoms. The van der Waals surface area contributed by atoms with E-state index in [1.807, 2.05) is 10.8 Å². The summed E-state index contributed by atoms with van der Waals surface area (Å²) in [4.78, 5) is 0. The van der Waals surface area contributed by atoms with Crippen molar-refractivity contribution in [3.8, 4) is 11.1 Å². The Balaban J connectivity index is 2.58. The number of halogens is 2. The van der Waals surface area contributed by atoms with Crippen LogP contribution in [-0.4, -0.2) is 0 Å². The first kappa shape index (κ1) is 10.8. The van der Waals surface area contributed by atoms with Crippen molar-refractivity contribution < 1.29 is 4.39 Å². The lowest BCUT2D eigenvalue weighted by atomic mass is 10.0. The quantitative estimate of drug-likeness (QED) is 0.893. The summed E-state index contributed by atoms with van der Waals surface area (Å²) in [5.41, 5.74) is 8.49. The molecule has 1 nitrogen and oxygen atoms in total. The topological polar surface area (TPSA) is 26.0 Å². The fourth-order valence-corrected chi connectivity index (χ4v) is 2.98. The Labute approximate surface area is 99.9 Å². The molecule has 0 spiro atoms. The van der Waals surface area contributed by atoms with E-state index in [1.165, 1.54) is 12.1 Å². The maximum absolute atomic E-state index is 13.0. The van der Waals surface area contributed by atoms with Crippen LogP contribution in [0.2, 0.25) is 0 Å². The molecule has 4 heteroatoms. The maximum Gasteiger partial charge on any atom is 0.123 e. The molecular formula is C11H9BrFNS. The molecule has 78 valence electrons. The monoisotopic (exact) mass is 285 g/mol. The van der Waals surface area contributed by atoms with Gasteiger partial charge in [-0.05, 0) is 44.6 Å². The zero-order chi connectivity index (χ0) is 10.8. The number of thiophene rings is 1. The number of nitrogens with two attached hydrogens (primary N) is 1. The Bertz CT molecular complexity index is 481. The fourth-order valence-electron chi connectivity index (χ4n) is 1.47. The molecule has 0 atom stereocenters. The highest BCUT2D eigenvalue weighted by Crippen LogP contribution is 2.33. The van der Waals surface area contributed by atoms with Crippen LogP contribution in [0.5, 0.6) is 0 Å². The summed E-state index contributed by atoms with van der Waals surface area (Å²) in [6.45, 7) is 0.343. The van der Waals surface area contributed by atoms with E-state index in [9.17, 15) is 4.39 Å². The molecule has 2 N–H and O–H groups in total. The van der Waals surface area contributed by atoms with Crippen molar-refractivity contribution in [2.75, 3.05) is 0 Å². The third-order valence-corrected chi connectivity index (χ3v) is 3.89. The standard InChI is InChI=1S/C11H9BrFNS/c12-11-6-15-5-10(11)9-2-1-8(13)3-7(9)4-14/h1-3,5-6H,4,14H2. The molecule has 0 aliphatic carbocycles. The van der Waals surface area contributed by atoms with Crippen molar-refractivity contribution in [1.82, 2.24) is 0 Å². The normalized spacial score (nSPS) is 10.6. The minimum absolute atomic E-state index is 0.245. The molecule has 0 aliphatic rings. The van der Waals surface area contributed by atoms with Crippen LogP contribution in [0.25, 0.3) is 11.1 Å². The van der Waals surface area contributed by atoms with E-state index in [1.54, 1.807) is 17.4 Å². The minimum atomic E-state index is -0.245. The Morgan fingerprint density at radius 3 is 2.67 bits per heavy atom. The van der Waals surface area contributed by atoms with Crippen molar-refractivity contribution in [2.24, 2.45) is 5.73 Å². The van der Waals surface area contributed by atoms with Gasteiger partial charge in [0.15, 0.2) is 0 Å². The summed E-state index contributed by atoms with van der Waals surface area (Å²) < 4.78 is 14.0. The van der Waals surface area contributed by atoms with Crippen molar-refractivity contribution in [2.45, 2.75) is 6.54 Å². The minimum Gasteiger partial charge on any atom is -0.326 e. The van der Waals surface area contributed by atoms with Crippen molar-refractivity contribution in [3.05, 3.63) is 44.8 Å². The number of rotatable bonds is 2. The van der Waals surface area contributed by atoms with Crippen molar-refractivity contribution in [1.29, 1.82) is 0 Å². The van der Waals surface area contributed by atoms with Gasteiger partial charge in [-0.2, -0.15) is 11.3 Å². The molecule has 0 aliphatic heterocycles. The van der Waals surface area contributed by atoms with Gasteiger partial charge in [-0.3, -0.25) is 0 Å². The molecule has 1 heterocycles. The lowest BCUT2D eigenvalue weighted by Gasteiger charge is -2.06. The van der Waals surface area contributed by atoms with Gasteiger partial charge >= 0.3 is 0 Å². The van der Waals surface area contributed by atoms with E-state index < -0.39 is 0 Å². The second kappa shape index (κ2) is 4.43. The molecule has 1 aromatic heterocycles. The average Bonchev–Trinajstić information content (AvgIpc) is 2.64. The molecule has 0 amide bonds. The molecular weight excluding hydrogens is 277 g/mol. The molecule has 0 bridgehead atoms. The first-order valence-corrected chi connectivity index (χ1v) is 6.16. The lowest BCUT2D eigenvalue weighted by molar-refractivity contribution is 0.625. The Morgan fingerprint density at radius 2 is 2.07 bits per heavy atom. The van der Waals surface area contributed by atoms with E-state index in [0.717, 1.165) is 21.2 Å². The van der Waals surface area contributed by atoms with Crippen LogP contribution in [-0.2, 0) is 6.54 Å². The van der Waals surface area contributed by atoms with Gasteiger partial charge in [-0.25, -0.2) is 4.39 Å².